The van der Waals surface area contributed by atoms with E-state index < -0.39 is 4.92 Å². The van der Waals surface area contributed by atoms with Crippen molar-refractivity contribution in [3.05, 3.63) is 58.1 Å². The smallest absolute Gasteiger partial charge is 0.271 e. The van der Waals surface area contributed by atoms with E-state index in [4.69, 9.17) is 9.47 Å². The Hall–Kier alpha value is -3.29. The third-order valence-electron chi connectivity index (χ3n) is 3.45. The second-order valence-electron chi connectivity index (χ2n) is 5.13. The second-order valence-corrected chi connectivity index (χ2v) is 5.13. The van der Waals surface area contributed by atoms with E-state index >= 15 is 0 Å². The van der Waals surface area contributed by atoms with Crippen LogP contribution >= 0.6 is 0 Å². The van der Waals surface area contributed by atoms with E-state index in [1.54, 1.807) is 38.5 Å². The molecule has 2 rings (SSSR count). The molecule has 25 heavy (non-hydrogen) atoms. The number of nitrogens with zero attached hydrogens (tertiary/aromatic N) is 1. The van der Waals surface area contributed by atoms with Crippen LogP contribution < -0.4 is 20.1 Å². The number of nitro groups is 1. The van der Waals surface area contributed by atoms with Crippen molar-refractivity contribution in [2.75, 3.05) is 26.1 Å². The molecule has 0 aliphatic rings. The standard InChI is InChI=1S/C17H19N3O5/c1-24-15-7-6-12(8-16(15)25-2)10-19-17(21)11-18-13-4-3-5-14(9-13)20(22)23/h3-9,18H,10-11H2,1-2H3,(H,19,21). The Morgan fingerprint density at radius 3 is 2.56 bits per heavy atom. The fourth-order valence-electron chi connectivity index (χ4n) is 2.17. The van der Waals surface area contributed by atoms with Crippen molar-refractivity contribution in [3.8, 4) is 11.5 Å². The minimum atomic E-state index is -0.484. The lowest BCUT2D eigenvalue weighted by molar-refractivity contribution is -0.384. The van der Waals surface area contributed by atoms with Gasteiger partial charge in [0.15, 0.2) is 11.5 Å². The van der Waals surface area contributed by atoms with Crippen molar-refractivity contribution >= 4 is 17.3 Å². The van der Waals surface area contributed by atoms with Gasteiger partial charge in [0.05, 0.1) is 25.7 Å². The molecule has 0 heterocycles. The molecule has 0 fully saturated rings. The van der Waals surface area contributed by atoms with E-state index in [0.29, 0.717) is 23.7 Å². The molecule has 0 radical (unpaired) electrons. The molecule has 0 unspecified atom stereocenters. The summed E-state index contributed by atoms with van der Waals surface area (Å²) in [4.78, 5) is 22.2. The Morgan fingerprint density at radius 1 is 1.12 bits per heavy atom. The Kier molecular flexibility index (Phi) is 6.16. The molecular formula is C17H19N3O5. The molecule has 0 bridgehead atoms. The maximum atomic E-state index is 11.9. The Balaban J connectivity index is 1.87. The van der Waals surface area contributed by atoms with Crippen molar-refractivity contribution in [3.63, 3.8) is 0 Å². The number of nitro benzene ring substituents is 1. The van der Waals surface area contributed by atoms with Crippen LogP contribution in [-0.2, 0) is 11.3 Å². The molecule has 2 N–H and O–H groups in total. The number of amides is 1. The van der Waals surface area contributed by atoms with Gasteiger partial charge in [-0.15, -0.1) is 0 Å². The molecule has 0 aliphatic carbocycles. The van der Waals surface area contributed by atoms with Crippen LogP contribution in [0.15, 0.2) is 42.5 Å². The third kappa shape index (κ3) is 5.10. The van der Waals surface area contributed by atoms with Crippen molar-refractivity contribution in [2.24, 2.45) is 0 Å². The third-order valence-corrected chi connectivity index (χ3v) is 3.45. The van der Waals surface area contributed by atoms with Crippen LogP contribution in [0.2, 0.25) is 0 Å². The van der Waals surface area contributed by atoms with Crippen molar-refractivity contribution < 1.29 is 19.2 Å². The Morgan fingerprint density at radius 2 is 1.88 bits per heavy atom. The maximum Gasteiger partial charge on any atom is 0.271 e. The summed E-state index contributed by atoms with van der Waals surface area (Å²) in [7, 11) is 3.10. The highest BCUT2D eigenvalue weighted by Crippen LogP contribution is 2.27. The molecule has 2 aromatic carbocycles. The number of hydrogen-bond donors (Lipinski definition) is 2. The predicted octanol–water partition coefficient (Wildman–Crippen LogP) is 2.34. The van der Waals surface area contributed by atoms with Gasteiger partial charge in [0.25, 0.3) is 5.69 Å². The summed E-state index contributed by atoms with van der Waals surface area (Å²) in [5, 5.41) is 16.3. The second kappa shape index (κ2) is 8.53. The van der Waals surface area contributed by atoms with Gasteiger partial charge in [0, 0.05) is 24.4 Å². The topological polar surface area (TPSA) is 103 Å². The van der Waals surface area contributed by atoms with Gasteiger partial charge in [-0.3, -0.25) is 14.9 Å². The molecule has 8 nitrogen and oxygen atoms in total. The molecule has 0 saturated heterocycles. The van der Waals surface area contributed by atoms with Crippen LogP contribution in [-0.4, -0.2) is 31.6 Å². The largest absolute Gasteiger partial charge is 0.493 e. The number of benzene rings is 2. The van der Waals surface area contributed by atoms with E-state index in [9.17, 15) is 14.9 Å². The molecule has 0 aliphatic heterocycles. The number of hydrogen-bond acceptors (Lipinski definition) is 6. The van der Waals surface area contributed by atoms with E-state index in [-0.39, 0.29) is 18.1 Å². The fraction of sp³-hybridized carbons (Fsp3) is 0.235. The number of ether oxygens (including phenoxy) is 2. The van der Waals surface area contributed by atoms with Gasteiger partial charge in [-0.25, -0.2) is 0 Å². The SMILES string of the molecule is COc1ccc(CNC(=O)CNc2cccc([N+](=O)[O-])c2)cc1OC. The summed E-state index contributed by atoms with van der Waals surface area (Å²) < 4.78 is 10.4. The lowest BCUT2D eigenvalue weighted by Gasteiger charge is -2.11. The van der Waals surface area contributed by atoms with Crippen LogP contribution in [0.25, 0.3) is 0 Å². The predicted molar refractivity (Wildman–Crippen MR) is 93.0 cm³/mol. The molecule has 0 spiro atoms. The van der Waals surface area contributed by atoms with Gasteiger partial charge in [-0.1, -0.05) is 12.1 Å². The number of rotatable bonds is 8. The minimum Gasteiger partial charge on any atom is -0.493 e. The molecule has 8 heteroatoms. The first-order valence-corrected chi connectivity index (χ1v) is 7.49. The van der Waals surface area contributed by atoms with Gasteiger partial charge >= 0.3 is 0 Å². The van der Waals surface area contributed by atoms with E-state index in [1.165, 1.54) is 12.1 Å². The molecule has 2 aromatic rings. The van der Waals surface area contributed by atoms with Crippen LogP contribution in [0.1, 0.15) is 5.56 Å². The summed E-state index contributed by atoms with van der Waals surface area (Å²) in [6.45, 7) is 0.338. The van der Waals surface area contributed by atoms with Crippen LogP contribution in [0, 0.1) is 10.1 Å². The van der Waals surface area contributed by atoms with Gasteiger partial charge in [0.2, 0.25) is 5.91 Å². The highest BCUT2D eigenvalue weighted by Gasteiger charge is 2.08. The normalized spacial score (nSPS) is 10.0. The first-order valence-electron chi connectivity index (χ1n) is 7.49. The Bertz CT molecular complexity index is 764. The van der Waals surface area contributed by atoms with Crippen LogP contribution in [0.3, 0.4) is 0 Å². The van der Waals surface area contributed by atoms with E-state index in [1.807, 2.05) is 6.07 Å². The Labute approximate surface area is 144 Å². The molecule has 0 saturated carbocycles. The number of carbonyl (C=O) groups excluding carboxylic acids is 1. The van der Waals surface area contributed by atoms with E-state index in [2.05, 4.69) is 10.6 Å². The van der Waals surface area contributed by atoms with Crippen molar-refractivity contribution in [1.29, 1.82) is 0 Å². The molecule has 1 amide bonds. The van der Waals surface area contributed by atoms with Crippen molar-refractivity contribution in [1.82, 2.24) is 5.32 Å². The minimum absolute atomic E-state index is 0.00839. The summed E-state index contributed by atoms with van der Waals surface area (Å²) in [6, 6.07) is 11.4. The van der Waals surface area contributed by atoms with Crippen molar-refractivity contribution in [2.45, 2.75) is 6.54 Å². The average Bonchev–Trinajstić information content (AvgIpc) is 2.64. The quantitative estimate of drug-likeness (QED) is 0.562. The lowest BCUT2D eigenvalue weighted by atomic mass is 10.2. The summed E-state index contributed by atoms with van der Waals surface area (Å²) in [5.41, 5.74) is 1.34. The first kappa shape index (κ1) is 18.1. The zero-order valence-corrected chi connectivity index (χ0v) is 13.9. The zero-order valence-electron chi connectivity index (χ0n) is 13.9. The highest BCUT2D eigenvalue weighted by atomic mass is 16.6. The summed E-state index contributed by atoms with van der Waals surface area (Å²) >= 11 is 0. The van der Waals surface area contributed by atoms with Gasteiger partial charge in [0.1, 0.15) is 0 Å². The van der Waals surface area contributed by atoms with Gasteiger partial charge < -0.3 is 20.1 Å². The number of non-ortho nitro benzene ring substituents is 1. The molecule has 0 aromatic heterocycles. The number of anilines is 1. The monoisotopic (exact) mass is 345 g/mol. The van der Waals surface area contributed by atoms with Crippen LogP contribution in [0.4, 0.5) is 11.4 Å². The van der Waals surface area contributed by atoms with E-state index in [0.717, 1.165) is 5.56 Å². The fourth-order valence-corrected chi connectivity index (χ4v) is 2.17. The lowest BCUT2D eigenvalue weighted by Crippen LogP contribution is -2.29. The first-order chi connectivity index (χ1) is 12.0. The average molecular weight is 345 g/mol. The molecule has 0 atom stereocenters. The van der Waals surface area contributed by atoms with Crippen LogP contribution in [0.5, 0.6) is 11.5 Å². The summed E-state index contributed by atoms with van der Waals surface area (Å²) in [6.07, 6.45) is 0. The number of carbonyl (C=O) groups is 1. The number of nitrogens with one attached hydrogen (secondary N) is 2. The van der Waals surface area contributed by atoms with Gasteiger partial charge in [-0.2, -0.15) is 0 Å². The summed E-state index contributed by atoms with van der Waals surface area (Å²) in [5.74, 6) is 0.968. The molecule has 132 valence electrons. The number of methoxy groups -OCH3 is 2. The maximum absolute atomic E-state index is 11.9. The molecular weight excluding hydrogens is 326 g/mol. The van der Waals surface area contributed by atoms with Gasteiger partial charge in [-0.05, 0) is 23.8 Å². The zero-order chi connectivity index (χ0) is 18.2. The highest BCUT2D eigenvalue weighted by molar-refractivity contribution is 5.80.